The first-order chi connectivity index (χ1) is 19.2. The van der Waals surface area contributed by atoms with Gasteiger partial charge in [0.1, 0.15) is 10.4 Å². The number of amides is 4. The number of carbonyl (C=O) groups excluding carboxylic acids is 5. The quantitative estimate of drug-likeness (QED) is 0.205. The topological polar surface area (TPSA) is 113 Å². The fraction of sp³-hybridized carbons (Fsp3) is 0.241. The summed E-state index contributed by atoms with van der Waals surface area (Å²) in [5.41, 5.74) is 2.63. The number of ether oxygens (including phenoxy) is 1. The van der Waals surface area contributed by atoms with Gasteiger partial charge >= 0.3 is 5.97 Å². The lowest BCUT2D eigenvalue weighted by Crippen LogP contribution is -2.44. The Hall–Kier alpha value is -4.09. The van der Waals surface area contributed by atoms with Crippen LogP contribution in [0.1, 0.15) is 42.6 Å². The lowest BCUT2D eigenvalue weighted by Gasteiger charge is -2.21. The molecule has 0 spiro atoms. The number of carbonyl (C=O) groups is 5. The molecule has 0 aromatic heterocycles. The summed E-state index contributed by atoms with van der Waals surface area (Å²) in [5.74, 6) is -2.34. The highest BCUT2D eigenvalue weighted by Crippen LogP contribution is 2.36. The molecule has 206 valence electrons. The zero-order valence-corrected chi connectivity index (χ0v) is 23.6. The average Bonchev–Trinajstić information content (AvgIpc) is 3.35. The maximum absolute atomic E-state index is 13.2. The predicted molar refractivity (Wildman–Crippen MR) is 156 cm³/mol. The summed E-state index contributed by atoms with van der Waals surface area (Å²) < 4.78 is 5.14. The molecule has 1 N–H and O–H groups in total. The van der Waals surface area contributed by atoms with E-state index in [4.69, 9.17) is 17.0 Å². The number of imide groups is 1. The van der Waals surface area contributed by atoms with E-state index in [9.17, 15) is 24.0 Å². The maximum Gasteiger partial charge on any atom is 0.338 e. The monoisotopic (exact) mass is 577 g/mol. The Bertz CT molecular complexity index is 1420. The van der Waals surface area contributed by atoms with Gasteiger partial charge in [0.2, 0.25) is 11.8 Å². The van der Waals surface area contributed by atoms with Crippen molar-refractivity contribution in [3.05, 3.63) is 82.3 Å². The highest BCUT2D eigenvalue weighted by atomic mass is 32.2. The van der Waals surface area contributed by atoms with Crippen LogP contribution in [0, 0.1) is 0 Å². The van der Waals surface area contributed by atoms with Crippen molar-refractivity contribution in [2.24, 2.45) is 0 Å². The molecular weight excluding hydrogens is 550 g/mol. The Morgan fingerprint density at radius 3 is 2.48 bits per heavy atom. The molecule has 2 aromatic rings. The molecule has 2 aliphatic heterocycles. The molecule has 2 saturated heterocycles. The summed E-state index contributed by atoms with van der Waals surface area (Å²) in [7, 11) is 0. The summed E-state index contributed by atoms with van der Waals surface area (Å²) in [6.45, 7) is 3.70. The number of likely N-dealkylation sites (tertiary alicyclic amines) is 1. The van der Waals surface area contributed by atoms with Gasteiger partial charge in [-0.2, -0.15) is 0 Å². The molecule has 1 atom stereocenters. The first-order valence-corrected chi connectivity index (χ1v) is 13.8. The molecule has 0 unspecified atom stereocenters. The molecule has 9 nitrogen and oxygen atoms in total. The Balaban J connectivity index is 1.35. The molecule has 2 aromatic carbocycles. The third kappa shape index (κ3) is 6.72. The normalized spacial score (nSPS) is 18.6. The second-order valence-corrected chi connectivity index (χ2v) is 10.7. The third-order valence-corrected chi connectivity index (χ3v) is 7.48. The van der Waals surface area contributed by atoms with Crippen LogP contribution >= 0.6 is 24.0 Å². The molecule has 11 heteroatoms. The predicted octanol–water partition coefficient (Wildman–Crippen LogP) is 4.17. The van der Waals surface area contributed by atoms with Gasteiger partial charge in [-0.3, -0.25) is 29.0 Å². The smallest absolute Gasteiger partial charge is 0.338 e. The fourth-order valence-electron chi connectivity index (χ4n) is 4.25. The van der Waals surface area contributed by atoms with Crippen molar-refractivity contribution >= 4 is 69.7 Å². The molecular formula is C29H27N3O6S2. The zero-order valence-electron chi connectivity index (χ0n) is 21.9. The number of hydrogen-bond acceptors (Lipinski definition) is 8. The van der Waals surface area contributed by atoms with Crippen LogP contribution in [-0.2, 0) is 23.9 Å². The van der Waals surface area contributed by atoms with Crippen LogP contribution in [0.2, 0.25) is 0 Å². The summed E-state index contributed by atoms with van der Waals surface area (Å²) in [6, 6.07) is 14.8. The van der Waals surface area contributed by atoms with E-state index in [1.807, 2.05) is 43.3 Å². The standard InChI is InChI=1S/C29H27N3O6S2/c1-3-38-28(37)20-9-11-21(12-10-20)30-24(33)13-14-31-25(34)17-22(26(31)35)32-27(36)23(40-29(32)39)16-18(2)15-19-7-5-4-6-8-19/h4-12,15-16,22H,3,13-14,17H2,1-2H3,(H,30,33)/b18-15+,23-16-/t22-/m1/s1. The number of thioether (sulfide) groups is 1. The van der Waals surface area contributed by atoms with Crippen molar-refractivity contribution < 1.29 is 28.7 Å². The number of esters is 1. The minimum atomic E-state index is -1.04. The van der Waals surface area contributed by atoms with E-state index in [2.05, 4.69) is 5.32 Å². The van der Waals surface area contributed by atoms with Crippen molar-refractivity contribution in [3.63, 3.8) is 0 Å². The minimum Gasteiger partial charge on any atom is -0.462 e. The largest absolute Gasteiger partial charge is 0.462 e. The van der Waals surface area contributed by atoms with E-state index in [1.165, 1.54) is 17.0 Å². The number of anilines is 1. The number of allylic oxidation sites excluding steroid dienone is 2. The van der Waals surface area contributed by atoms with E-state index in [0.717, 1.165) is 27.8 Å². The van der Waals surface area contributed by atoms with Crippen molar-refractivity contribution in [1.82, 2.24) is 9.80 Å². The van der Waals surface area contributed by atoms with Crippen molar-refractivity contribution in [2.75, 3.05) is 18.5 Å². The number of hydrogen-bond donors (Lipinski definition) is 1. The first kappa shape index (κ1) is 28.9. The zero-order chi connectivity index (χ0) is 28.8. The summed E-state index contributed by atoms with van der Waals surface area (Å²) >= 11 is 6.49. The number of rotatable bonds is 9. The minimum absolute atomic E-state index is 0.133. The Labute approximate surface area is 241 Å². The number of thiocarbonyl (C=S) groups is 1. The van der Waals surface area contributed by atoms with Gasteiger partial charge in [0, 0.05) is 18.7 Å². The highest BCUT2D eigenvalue weighted by Gasteiger charge is 2.48. The second-order valence-electron chi connectivity index (χ2n) is 9.05. The lowest BCUT2D eigenvalue weighted by molar-refractivity contribution is -0.141. The van der Waals surface area contributed by atoms with E-state index in [1.54, 1.807) is 25.1 Å². The van der Waals surface area contributed by atoms with Gasteiger partial charge in [-0.1, -0.05) is 60.4 Å². The van der Waals surface area contributed by atoms with Gasteiger partial charge in [0.15, 0.2) is 0 Å². The van der Waals surface area contributed by atoms with Gasteiger partial charge in [-0.25, -0.2) is 4.79 Å². The first-order valence-electron chi connectivity index (χ1n) is 12.6. The van der Waals surface area contributed by atoms with Crippen molar-refractivity contribution in [3.8, 4) is 0 Å². The fourth-order valence-corrected chi connectivity index (χ4v) is 5.66. The summed E-state index contributed by atoms with van der Waals surface area (Å²) in [6.07, 6.45) is 3.31. The molecule has 2 aliphatic rings. The van der Waals surface area contributed by atoms with Crippen LogP contribution in [0.15, 0.2) is 71.2 Å². The third-order valence-electron chi connectivity index (χ3n) is 6.15. The van der Waals surface area contributed by atoms with Crippen LogP contribution < -0.4 is 5.32 Å². The number of nitrogens with zero attached hydrogens (tertiary/aromatic N) is 2. The lowest BCUT2D eigenvalue weighted by atomic mass is 10.1. The molecule has 40 heavy (non-hydrogen) atoms. The molecule has 0 bridgehead atoms. The van der Waals surface area contributed by atoms with E-state index >= 15 is 0 Å². The van der Waals surface area contributed by atoms with Gasteiger partial charge in [-0.15, -0.1) is 0 Å². The molecule has 4 amide bonds. The summed E-state index contributed by atoms with van der Waals surface area (Å²) in [4.78, 5) is 65.8. The van der Waals surface area contributed by atoms with Crippen LogP contribution in [-0.4, -0.2) is 62.9 Å². The van der Waals surface area contributed by atoms with Crippen molar-refractivity contribution in [2.45, 2.75) is 32.7 Å². The average molecular weight is 578 g/mol. The van der Waals surface area contributed by atoms with Crippen LogP contribution in [0.3, 0.4) is 0 Å². The van der Waals surface area contributed by atoms with Gasteiger partial charge in [0.25, 0.3) is 11.8 Å². The van der Waals surface area contributed by atoms with Gasteiger partial charge < -0.3 is 10.1 Å². The molecule has 4 rings (SSSR count). The number of benzene rings is 2. The summed E-state index contributed by atoms with van der Waals surface area (Å²) in [5, 5.41) is 2.67. The van der Waals surface area contributed by atoms with Crippen LogP contribution in [0.5, 0.6) is 0 Å². The van der Waals surface area contributed by atoms with Gasteiger partial charge in [-0.05, 0) is 55.3 Å². The molecule has 2 heterocycles. The van der Waals surface area contributed by atoms with Crippen LogP contribution in [0.25, 0.3) is 6.08 Å². The number of nitrogens with one attached hydrogen (secondary N) is 1. The Morgan fingerprint density at radius 1 is 1.10 bits per heavy atom. The van der Waals surface area contributed by atoms with E-state index in [0.29, 0.717) is 16.2 Å². The Kier molecular flexibility index (Phi) is 9.28. The van der Waals surface area contributed by atoms with Gasteiger partial charge in [0.05, 0.1) is 23.5 Å². The Morgan fingerprint density at radius 2 is 1.80 bits per heavy atom. The SMILES string of the molecule is CCOC(=O)c1ccc(NC(=O)CCN2C(=O)C[C@@H](N3C(=O)/C(=C/C(C)=C/c4ccccc4)SC3=S)C2=O)cc1. The molecule has 0 radical (unpaired) electrons. The molecule has 0 saturated carbocycles. The maximum atomic E-state index is 13.2. The second kappa shape index (κ2) is 12.8. The van der Waals surface area contributed by atoms with Crippen LogP contribution in [0.4, 0.5) is 5.69 Å². The molecule has 2 fully saturated rings. The van der Waals surface area contributed by atoms with E-state index < -0.39 is 35.6 Å². The molecule has 0 aliphatic carbocycles. The van der Waals surface area contributed by atoms with E-state index in [-0.39, 0.29) is 30.3 Å². The highest BCUT2D eigenvalue weighted by molar-refractivity contribution is 8.26. The van der Waals surface area contributed by atoms with Crippen molar-refractivity contribution in [1.29, 1.82) is 0 Å².